The lowest BCUT2D eigenvalue weighted by atomic mass is 9.98. The van der Waals surface area contributed by atoms with Gasteiger partial charge < -0.3 is 4.74 Å². The largest absolute Gasteiger partial charge is 0.380 e. The molecule has 0 aromatic carbocycles. The lowest BCUT2D eigenvalue weighted by molar-refractivity contribution is 0.0780. The molecule has 1 saturated carbocycles. The summed E-state index contributed by atoms with van der Waals surface area (Å²) in [4.78, 5) is 0.608. The van der Waals surface area contributed by atoms with Crippen molar-refractivity contribution < 1.29 is 4.74 Å². The molecule has 54 valence electrons. The molecule has 0 unspecified atom stereocenters. The van der Waals surface area contributed by atoms with Gasteiger partial charge in [-0.05, 0) is 12.8 Å². The van der Waals surface area contributed by atoms with Crippen LogP contribution in [0.3, 0.4) is 0 Å². The average molecular weight is 193 g/mol. The molecule has 9 heavy (non-hydrogen) atoms. The van der Waals surface area contributed by atoms with Gasteiger partial charge in [0, 0.05) is 11.9 Å². The summed E-state index contributed by atoms with van der Waals surface area (Å²) in [5.74, 6) is 0. The molecule has 0 aromatic heterocycles. The summed E-state index contributed by atoms with van der Waals surface area (Å²) in [6.45, 7) is 0. The Morgan fingerprint density at radius 2 is 2.00 bits per heavy atom. The molecular weight excluding hydrogens is 180 g/mol. The van der Waals surface area contributed by atoms with Gasteiger partial charge in [0.15, 0.2) is 0 Å². The highest BCUT2D eigenvalue weighted by Crippen LogP contribution is 2.25. The van der Waals surface area contributed by atoms with Crippen LogP contribution in [0, 0.1) is 0 Å². The lowest BCUT2D eigenvalue weighted by Crippen LogP contribution is -2.26. The third kappa shape index (κ3) is 1.94. The van der Waals surface area contributed by atoms with Crippen LogP contribution in [0.15, 0.2) is 0 Å². The van der Waals surface area contributed by atoms with Gasteiger partial charge in [-0.2, -0.15) is 0 Å². The second-order valence-electron chi connectivity index (χ2n) is 2.57. The van der Waals surface area contributed by atoms with E-state index in [9.17, 15) is 0 Å². The summed E-state index contributed by atoms with van der Waals surface area (Å²) >= 11 is 3.59. The summed E-state index contributed by atoms with van der Waals surface area (Å²) in [5, 5.41) is 0. The first-order valence-corrected chi connectivity index (χ1v) is 4.43. The number of alkyl halides is 1. The number of methoxy groups -OCH3 is 1. The molecule has 1 nitrogen and oxygen atoms in total. The first-order valence-electron chi connectivity index (χ1n) is 3.51. The summed E-state index contributed by atoms with van der Waals surface area (Å²) in [7, 11) is 1.80. The fourth-order valence-corrected chi connectivity index (χ4v) is 2.12. The fraction of sp³-hybridized carbons (Fsp3) is 1.00. The number of hydrogen-bond donors (Lipinski definition) is 0. The van der Waals surface area contributed by atoms with E-state index in [2.05, 4.69) is 15.9 Å². The zero-order chi connectivity index (χ0) is 6.69. The van der Waals surface area contributed by atoms with Crippen molar-refractivity contribution >= 4 is 15.9 Å². The standard InChI is InChI=1S/C7H13BrO/c1-9-7-5-3-2-4-6(7)8/h6-7H,2-5H2,1H3/t6-,7+/m1/s1. The molecule has 1 fully saturated rings. The van der Waals surface area contributed by atoms with Crippen molar-refractivity contribution in [2.75, 3.05) is 7.11 Å². The molecule has 0 saturated heterocycles. The minimum absolute atomic E-state index is 0.471. The van der Waals surface area contributed by atoms with Gasteiger partial charge in [0.05, 0.1) is 6.10 Å². The van der Waals surface area contributed by atoms with E-state index < -0.39 is 0 Å². The van der Waals surface area contributed by atoms with Crippen LogP contribution in [0.1, 0.15) is 25.7 Å². The predicted molar refractivity (Wildman–Crippen MR) is 42.0 cm³/mol. The van der Waals surface area contributed by atoms with Gasteiger partial charge in [0.1, 0.15) is 0 Å². The quantitative estimate of drug-likeness (QED) is 0.580. The zero-order valence-electron chi connectivity index (χ0n) is 5.77. The number of hydrogen-bond acceptors (Lipinski definition) is 1. The van der Waals surface area contributed by atoms with E-state index >= 15 is 0 Å². The Morgan fingerprint density at radius 3 is 2.44 bits per heavy atom. The summed E-state index contributed by atoms with van der Waals surface area (Å²) < 4.78 is 5.26. The van der Waals surface area contributed by atoms with Crippen LogP contribution in [0.2, 0.25) is 0 Å². The van der Waals surface area contributed by atoms with E-state index in [1.54, 1.807) is 7.11 Å². The fourth-order valence-electron chi connectivity index (χ4n) is 1.32. The molecule has 0 heterocycles. The summed E-state index contributed by atoms with van der Waals surface area (Å²) in [5.41, 5.74) is 0. The topological polar surface area (TPSA) is 9.23 Å². The monoisotopic (exact) mass is 192 g/mol. The normalized spacial score (nSPS) is 36.7. The van der Waals surface area contributed by atoms with Crippen LogP contribution < -0.4 is 0 Å². The van der Waals surface area contributed by atoms with E-state index in [0.717, 1.165) is 0 Å². The number of ether oxygens (including phenoxy) is 1. The van der Waals surface area contributed by atoms with Crippen LogP contribution >= 0.6 is 15.9 Å². The summed E-state index contributed by atoms with van der Waals surface area (Å²) in [6.07, 6.45) is 5.67. The predicted octanol–water partition coefficient (Wildman–Crippen LogP) is 2.34. The Hall–Kier alpha value is 0.440. The Labute approximate surface area is 64.9 Å². The van der Waals surface area contributed by atoms with Crippen molar-refractivity contribution in [3.63, 3.8) is 0 Å². The highest BCUT2D eigenvalue weighted by atomic mass is 79.9. The molecule has 0 spiro atoms. The molecule has 0 amide bonds. The lowest BCUT2D eigenvalue weighted by Gasteiger charge is -2.25. The van der Waals surface area contributed by atoms with Crippen molar-refractivity contribution in [1.29, 1.82) is 0 Å². The molecule has 2 heteroatoms. The van der Waals surface area contributed by atoms with E-state index in [1.807, 2.05) is 0 Å². The maximum atomic E-state index is 5.26. The number of rotatable bonds is 1. The molecule has 1 rings (SSSR count). The van der Waals surface area contributed by atoms with Crippen molar-refractivity contribution in [2.24, 2.45) is 0 Å². The Morgan fingerprint density at radius 1 is 1.33 bits per heavy atom. The van der Waals surface area contributed by atoms with Crippen molar-refractivity contribution in [1.82, 2.24) is 0 Å². The van der Waals surface area contributed by atoms with Crippen LogP contribution in [0.25, 0.3) is 0 Å². The van der Waals surface area contributed by atoms with Crippen molar-refractivity contribution in [3.05, 3.63) is 0 Å². The van der Waals surface area contributed by atoms with Crippen LogP contribution in [-0.4, -0.2) is 18.0 Å². The van der Waals surface area contributed by atoms with Gasteiger partial charge in [0.2, 0.25) is 0 Å². The molecule has 0 radical (unpaired) electrons. The highest BCUT2D eigenvalue weighted by Gasteiger charge is 2.21. The molecule has 1 aliphatic carbocycles. The van der Waals surface area contributed by atoms with Gasteiger partial charge in [-0.25, -0.2) is 0 Å². The molecule has 0 aliphatic heterocycles. The zero-order valence-corrected chi connectivity index (χ0v) is 7.36. The second-order valence-corrected chi connectivity index (χ2v) is 3.75. The Bertz CT molecular complexity index is 85.0. The maximum Gasteiger partial charge on any atom is 0.0696 e. The first-order chi connectivity index (χ1) is 4.34. The third-order valence-corrected chi connectivity index (χ3v) is 2.97. The third-order valence-electron chi connectivity index (χ3n) is 1.92. The average Bonchev–Trinajstić information content (AvgIpc) is 1.89. The molecular formula is C7H13BrO. The molecule has 0 bridgehead atoms. The van der Waals surface area contributed by atoms with Gasteiger partial charge in [-0.1, -0.05) is 28.8 Å². The summed E-state index contributed by atoms with van der Waals surface area (Å²) in [6, 6.07) is 0. The highest BCUT2D eigenvalue weighted by molar-refractivity contribution is 9.09. The number of halogens is 1. The minimum Gasteiger partial charge on any atom is -0.380 e. The van der Waals surface area contributed by atoms with E-state index in [1.165, 1.54) is 25.7 Å². The SMILES string of the molecule is CO[C@H]1CCCC[C@H]1Br. The van der Waals surface area contributed by atoms with E-state index in [4.69, 9.17) is 4.74 Å². The Kier molecular flexibility index (Phi) is 2.99. The first kappa shape index (κ1) is 7.55. The minimum atomic E-state index is 0.471. The van der Waals surface area contributed by atoms with Gasteiger partial charge in [-0.15, -0.1) is 0 Å². The van der Waals surface area contributed by atoms with Gasteiger partial charge in [0.25, 0.3) is 0 Å². The second kappa shape index (κ2) is 3.57. The van der Waals surface area contributed by atoms with Crippen molar-refractivity contribution in [2.45, 2.75) is 36.6 Å². The van der Waals surface area contributed by atoms with Crippen molar-refractivity contribution in [3.8, 4) is 0 Å². The van der Waals surface area contributed by atoms with Crippen LogP contribution in [-0.2, 0) is 4.74 Å². The Balaban J connectivity index is 2.30. The molecule has 0 aromatic rings. The van der Waals surface area contributed by atoms with Crippen LogP contribution in [0.5, 0.6) is 0 Å². The van der Waals surface area contributed by atoms with E-state index in [0.29, 0.717) is 10.9 Å². The smallest absolute Gasteiger partial charge is 0.0696 e. The maximum absolute atomic E-state index is 5.26. The van der Waals surface area contributed by atoms with E-state index in [-0.39, 0.29) is 0 Å². The molecule has 0 N–H and O–H groups in total. The van der Waals surface area contributed by atoms with Gasteiger partial charge >= 0.3 is 0 Å². The molecule has 2 atom stereocenters. The molecule has 1 aliphatic rings. The van der Waals surface area contributed by atoms with Crippen LogP contribution in [0.4, 0.5) is 0 Å². The van der Waals surface area contributed by atoms with Gasteiger partial charge in [-0.3, -0.25) is 0 Å².